The molecule has 3 rings (SSSR count). The number of fused-ring (bicyclic) bond motifs is 3. The maximum absolute atomic E-state index is 2.46. The van der Waals surface area contributed by atoms with Gasteiger partial charge in [-0.25, -0.2) is 0 Å². The van der Waals surface area contributed by atoms with Gasteiger partial charge < -0.3 is 0 Å². The molecule has 0 amide bonds. The Kier molecular flexibility index (Phi) is 1.51. The monoisotopic (exact) mass is 138 g/mol. The Hall–Kier alpha value is 0. The third-order valence-corrected chi connectivity index (χ3v) is 4.13. The summed E-state index contributed by atoms with van der Waals surface area (Å²) < 4.78 is 0. The Balaban J connectivity index is 2.13. The molecule has 10 heavy (non-hydrogen) atoms. The molecule has 0 aliphatic heterocycles. The second-order valence-corrected chi connectivity index (χ2v) is 4.39. The van der Waals surface area contributed by atoms with E-state index in [1.165, 1.54) is 25.7 Å². The summed E-state index contributed by atoms with van der Waals surface area (Å²) in [5.74, 6) is 4.26. The summed E-state index contributed by atoms with van der Waals surface area (Å²) in [4.78, 5) is 0. The first-order valence-electron chi connectivity index (χ1n) is 4.79. The van der Waals surface area contributed by atoms with Crippen LogP contribution in [0, 0.1) is 23.7 Å². The van der Waals surface area contributed by atoms with Crippen LogP contribution in [0.5, 0.6) is 0 Å². The van der Waals surface area contributed by atoms with E-state index < -0.39 is 0 Å². The summed E-state index contributed by atoms with van der Waals surface area (Å²) >= 11 is 0. The fourth-order valence-corrected chi connectivity index (χ4v) is 3.06. The van der Waals surface area contributed by atoms with Crippen molar-refractivity contribution in [2.75, 3.05) is 0 Å². The average molecular weight is 138 g/mol. The second kappa shape index (κ2) is 2.25. The lowest BCUT2D eigenvalue weighted by molar-refractivity contribution is 0.0455. The topological polar surface area (TPSA) is 0 Å². The maximum Gasteiger partial charge on any atom is -0.0386 e. The van der Waals surface area contributed by atoms with Gasteiger partial charge in [-0.3, -0.25) is 0 Å². The predicted octanol–water partition coefficient (Wildman–Crippen LogP) is 3.08. The first-order chi connectivity index (χ1) is 4.79. The molecular weight excluding hydrogens is 120 g/mol. The van der Waals surface area contributed by atoms with E-state index in [1.54, 1.807) is 0 Å². The molecule has 3 aliphatic rings. The van der Waals surface area contributed by atoms with Gasteiger partial charge in [-0.15, -0.1) is 0 Å². The van der Waals surface area contributed by atoms with Crippen LogP contribution in [0.2, 0.25) is 0 Å². The van der Waals surface area contributed by atoms with E-state index in [4.69, 9.17) is 0 Å². The van der Waals surface area contributed by atoms with Crippen LogP contribution in [0.1, 0.15) is 39.5 Å². The van der Waals surface area contributed by atoms with Gasteiger partial charge in [0, 0.05) is 0 Å². The van der Waals surface area contributed by atoms with Crippen molar-refractivity contribution in [1.82, 2.24) is 0 Å². The fourth-order valence-electron chi connectivity index (χ4n) is 3.06. The molecule has 2 bridgehead atoms. The molecule has 3 aliphatic carbocycles. The van der Waals surface area contributed by atoms with Crippen molar-refractivity contribution < 1.29 is 0 Å². The van der Waals surface area contributed by atoms with E-state index in [-0.39, 0.29) is 0 Å². The smallest absolute Gasteiger partial charge is 0.0386 e. The summed E-state index contributed by atoms with van der Waals surface area (Å²) in [6, 6.07) is 0. The van der Waals surface area contributed by atoms with Gasteiger partial charge in [-0.1, -0.05) is 13.8 Å². The van der Waals surface area contributed by atoms with Gasteiger partial charge in [0.15, 0.2) is 0 Å². The van der Waals surface area contributed by atoms with Gasteiger partial charge in [0.25, 0.3) is 0 Å². The lowest BCUT2D eigenvalue weighted by atomic mass is 9.60. The predicted molar refractivity (Wildman–Crippen MR) is 43.8 cm³/mol. The van der Waals surface area contributed by atoms with Crippen molar-refractivity contribution in [2.24, 2.45) is 23.7 Å². The van der Waals surface area contributed by atoms with Crippen molar-refractivity contribution in [1.29, 1.82) is 0 Å². The normalized spacial score (nSPS) is 53.4. The molecule has 0 spiro atoms. The third-order valence-electron chi connectivity index (χ3n) is 4.13. The zero-order valence-corrected chi connectivity index (χ0v) is 7.14. The van der Waals surface area contributed by atoms with E-state index in [9.17, 15) is 0 Å². The van der Waals surface area contributed by atoms with Crippen molar-refractivity contribution in [3.63, 3.8) is 0 Å². The van der Waals surface area contributed by atoms with Gasteiger partial charge in [0.1, 0.15) is 0 Å². The third kappa shape index (κ3) is 0.810. The Labute approximate surface area is 64.0 Å². The lowest BCUT2D eigenvalue weighted by Gasteiger charge is -2.46. The number of rotatable bonds is 0. The molecule has 58 valence electrons. The van der Waals surface area contributed by atoms with Crippen LogP contribution < -0.4 is 0 Å². The molecule has 0 aromatic rings. The Bertz CT molecular complexity index is 100. The van der Waals surface area contributed by atoms with Crippen LogP contribution in [0.25, 0.3) is 0 Å². The van der Waals surface area contributed by atoms with Crippen molar-refractivity contribution in [2.45, 2.75) is 39.5 Å². The molecule has 3 saturated carbocycles. The number of hydrogen-bond acceptors (Lipinski definition) is 0. The first-order valence-corrected chi connectivity index (χ1v) is 4.79. The van der Waals surface area contributed by atoms with E-state index in [0.717, 1.165) is 23.7 Å². The molecular formula is C10H18. The zero-order valence-electron chi connectivity index (χ0n) is 7.14. The van der Waals surface area contributed by atoms with Crippen LogP contribution in [-0.4, -0.2) is 0 Å². The minimum atomic E-state index is 1.03. The summed E-state index contributed by atoms with van der Waals surface area (Å²) in [7, 11) is 0. The van der Waals surface area contributed by atoms with Crippen molar-refractivity contribution in [3.8, 4) is 0 Å². The van der Waals surface area contributed by atoms with Gasteiger partial charge >= 0.3 is 0 Å². The molecule has 0 aromatic heterocycles. The molecule has 0 N–H and O–H groups in total. The summed E-state index contributed by atoms with van der Waals surface area (Å²) in [5.41, 5.74) is 0. The molecule has 0 aromatic carbocycles. The number of hydrogen-bond donors (Lipinski definition) is 0. The second-order valence-electron chi connectivity index (χ2n) is 4.39. The maximum atomic E-state index is 2.46. The fraction of sp³-hybridized carbons (Fsp3) is 1.00. The van der Waals surface area contributed by atoms with Gasteiger partial charge in [0.05, 0.1) is 0 Å². The Morgan fingerprint density at radius 2 is 1.00 bits per heavy atom. The van der Waals surface area contributed by atoms with Crippen LogP contribution in [0.15, 0.2) is 0 Å². The van der Waals surface area contributed by atoms with Crippen molar-refractivity contribution >= 4 is 0 Å². The highest BCUT2D eigenvalue weighted by molar-refractivity contribution is 4.88. The van der Waals surface area contributed by atoms with Crippen LogP contribution in [-0.2, 0) is 0 Å². The molecule has 0 radical (unpaired) electrons. The van der Waals surface area contributed by atoms with Crippen LogP contribution >= 0.6 is 0 Å². The highest BCUT2D eigenvalue weighted by atomic mass is 14.4. The largest absolute Gasteiger partial charge is 0.0620 e. The minimum Gasteiger partial charge on any atom is -0.0620 e. The van der Waals surface area contributed by atoms with Gasteiger partial charge in [-0.05, 0) is 49.4 Å². The molecule has 0 heteroatoms. The summed E-state index contributed by atoms with van der Waals surface area (Å²) in [6.45, 7) is 4.92. The van der Waals surface area contributed by atoms with E-state index in [1.807, 2.05) is 0 Å². The van der Waals surface area contributed by atoms with Gasteiger partial charge in [-0.2, -0.15) is 0 Å². The van der Waals surface area contributed by atoms with Crippen LogP contribution in [0.4, 0.5) is 0 Å². The van der Waals surface area contributed by atoms with Crippen LogP contribution in [0.3, 0.4) is 0 Å². The molecule has 0 nitrogen and oxygen atoms in total. The highest BCUT2D eigenvalue weighted by Gasteiger charge is 2.38. The van der Waals surface area contributed by atoms with Crippen molar-refractivity contribution in [3.05, 3.63) is 0 Å². The molecule has 0 heterocycles. The molecule has 0 unspecified atom stereocenters. The standard InChI is InChI=1S/C10H18/c1-7-8(2)10-5-3-9(7)4-6-10/h7-10H,3-6H2,1-2H3/t7-,8-,9?,10?/m1/s1. The summed E-state index contributed by atoms with van der Waals surface area (Å²) in [6.07, 6.45) is 6.15. The van der Waals surface area contributed by atoms with Gasteiger partial charge in [0.2, 0.25) is 0 Å². The molecule has 0 saturated heterocycles. The van der Waals surface area contributed by atoms with E-state index in [2.05, 4.69) is 13.8 Å². The molecule has 3 fully saturated rings. The average Bonchev–Trinajstić information content (AvgIpc) is 2.00. The Morgan fingerprint density at radius 3 is 1.20 bits per heavy atom. The lowest BCUT2D eigenvalue weighted by Crippen LogP contribution is -2.36. The first kappa shape index (κ1) is 6.69. The minimum absolute atomic E-state index is 1.03. The molecule has 2 atom stereocenters. The zero-order chi connectivity index (χ0) is 7.14. The summed E-state index contributed by atoms with van der Waals surface area (Å²) in [5, 5.41) is 0. The Morgan fingerprint density at radius 1 is 0.700 bits per heavy atom. The van der Waals surface area contributed by atoms with E-state index in [0.29, 0.717) is 0 Å². The quantitative estimate of drug-likeness (QED) is 0.482. The van der Waals surface area contributed by atoms with E-state index >= 15 is 0 Å². The highest BCUT2D eigenvalue weighted by Crippen LogP contribution is 2.48. The SMILES string of the molecule is C[C@H]1C2CCC(CC2)[C@@H]1C.